The molecule has 3 unspecified atom stereocenters. The molecule has 3 rings (SSSR count). The van der Waals surface area contributed by atoms with Gasteiger partial charge in [-0.1, -0.05) is 13.0 Å². The minimum Gasteiger partial charge on any atom is -0.491 e. The Labute approximate surface area is 128 Å². The quantitative estimate of drug-likeness (QED) is 0.843. The van der Waals surface area contributed by atoms with Crippen LogP contribution in [0.25, 0.3) is 0 Å². The summed E-state index contributed by atoms with van der Waals surface area (Å²) in [6, 6.07) is 9.98. The third-order valence-electron chi connectivity index (χ3n) is 5.00. The first-order valence-electron chi connectivity index (χ1n) is 8.44. The third kappa shape index (κ3) is 3.18. The highest BCUT2D eigenvalue weighted by Crippen LogP contribution is 2.30. The fourth-order valence-electron chi connectivity index (χ4n) is 3.60. The molecule has 116 valence electrons. The predicted octanol–water partition coefficient (Wildman–Crippen LogP) is 3.54. The van der Waals surface area contributed by atoms with Gasteiger partial charge in [0.25, 0.3) is 0 Å². The normalized spacial score (nSPS) is 27.5. The summed E-state index contributed by atoms with van der Waals surface area (Å²) in [6.45, 7) is 10.3. The van der Waals surface area contributed by atoms with E-state index in [0.29, 0.717) is 6.04 Å². The fourth-order valence-corrected chi connectivity index (χ4v) is 3.60. The van der Waals surface area contributed by atoms with Crippen LogP contribution in [0.15, 0.2) is 24.3 Å². The zero-order valence-corrected chi connectivity index (χ0v) is 13.6. The largest absolute Gasteiger partial charge is 0.491 e. The van der Waals surface area contributed by atoms with E-state index in [1.807, 2.05) is 0 Å². The molecular weight excluding hydrogens is 260 g/mol. The molecule has 0 spiro atoms. The first-order chi connectivity index (χ1) is 10.2. The highest BCUT2D eigenvalue weighted by Gasteiger charge is 2.34. The molecule has 1 aromatic rings. The van der Waals surface area contributed by atoms with Crippen molar-refractivity contribution in [1.29, 1.82) is 0 Å². The van der Waals surface area contributed by atoms with Gasteiger partial charge in [-0.3, -0.25) is 4.90 Å². The van der Waals surface area contributed by atoms with Crippen LogP contribution < -0.4 is 9.64 Å². The molecule has 2 saturated heterocycles. The summed E-state index contributed by atoms with van der Waals surface area (Å²) in [5, 5.41) is 0. The molecule has 0 N–H and O–H groups in total. The van der Waals surface area contributed by atoms with Gasteiger partial charge in [-0.05, 0) is 51.8 Å². The van der Waals surface area contributed by atoms with Crippen LogP contribution in [-0.2, 0) is 0 Å². The number of piperazine rings is 1. The predicted molar refractivity (Wildman–Crippen MR) is 88.2 cm³/mol. The van der Waals surface area contributed by atoms with Crippen LogP contribution in [0.2, 0.25) is 0 Å². The number of hydrogen-bond acceptors (Lipinski definition) is 3. The van der Waals surface area contributed by atoms with E-state index in [1.54, 1.807) is 0 Å². The molecule has 2 aliphatic rings. The number of benzene rings is 1. The minimum absolute atomic E-state index is 0.282. The Kier molecular flexibility index (Phi) is 4.39. The SMILES string of the molecule is CCC(C)Oc1cccc(N2CC3CCCN3CC2C)c1. The van der Waals surface area contributed by atoms with Crippen molar-refractivity contribution in [2.45, 2.75) is 58.2 Å². The van der Waals surface area contributed by atoms with Gasteiger partial charge in [0.15, 0.2) is 0 Å². The van der Waals surface area contributed by atoms with Gasteiger partial charge in [-0.25, -0.2) is 0 Å². The lowest BCUT2D eigenvalue weighted by atomic mass is 10.1. The molecule has 0 aliphatic carbocycles. The Balaban J connectivity index is 1.74. The first kappa shape index (κ1) is 14.7. The van der Waals surface area contributed by atoms with Crippen molar-refractivity contribution in [3.8, 4) is 5.75 Å². The monoisotopic (exact) mass is 288 g/mol. The lowest BCUT2D eigenvalue weighted by Crippen LogP contribution is -2.55. The van der Waals surface area contributed by atoms with Gasteiger partial charge in [0.2, 0.25) is 0 Å². The van der Waals surface area contributed by atoms with Crippen molar-refractivity contribution in [3.05, 3.63) is 24.3 Å². The maximum Gasteiger partial charge on any atom is 0.121 e. The second-order valence-electron chi connectivity index (χ2n) is 6.63. The third-order valence-corrected chi connectivity index (χ3v) is 5.00. The number of hydrogen-bond donors (Lipinski definition) is 0. The Morgan fingerprint density at radius 1 is 1.33 bits per heavy atom. The molecule has 0 amide bonds. The lowest BCUT2D eigenvalue weighted by molar-refractivity contribution is 0.202. The summed E-state index contributed by atoms with van der Waals surface area (Å²) in [7, 11) is 0. The molecular formula is C18H28N2O. The van der Waals surface area contributed by atoms with Gasteiger partial charge in [0.05, 0.1) is 6.10 Å². The van der Waals surface area contributed by atoms with E-state index in [2.05, 4.69) is 54.8 Å². The summed E-state index contributed by atoms with van der Waals surface area (Å²) in [5.74, 6) is 1.00. The van der Waals surface area contributed by atoms with Crippen LogP contribution in [-0.4, -0.2) is 42.7 Å². The molecule has 2 heterocycles. The van der Waals surface area contributed by atoms with Gasteiger partial charge in [0, 0.05) is 36.9 Å². The fraction of sp³-hybridized carbons (Fsp3) is 0.667. The molecule has 0 saturated carbocycles. The van der Waals surface area contributed by atoms with Crippen molar-refractivity contribution in [2.75, 3.05) is 24.5 Å². The van der Waals surface area contributed by atoms with Crippen LogP contribution in [0, 0.1) is 0 Å². The maximum atomic E-state index is 5.98. The van der Waals surface area contributed by atoms with E-state index in [0.717, 1.165) is 24.8 Å². The van der Waals surface area contributed by atoms with E-state index >= 15 is 0 Å². The molecule has 3 heteroatoms. The molecule has 1 aromatic carbocycles. The second-order valence-corrected chi connectivity index (χ2v) is 6.63. The number of ether oxygens (including phenoxy) is 1. The van der Waals surface area contributed by atoms with Crippen LogP contribution in [0.1, 0.15) is 40.0 Å². The molecule has 0 aromatic heterocycles. The summed E-state index contributed by atoms with van der Waals surface area (Å²) < 4.78 is 5.98. The summed E-state index contributed by atoms with van der Waals surface area (Å²) >= 11 is 0. The summed E-state index contributed by atoms with van der Waals surface area (Å²) in [5.41, 5.74) is 1.31. The standard InChI is InChI=1S/C18H28N2O/c1-4-15(3)21-18-9-5-7-16(11-18)20-13-17-8-6-10-19(17)12-14(20)2/h5,7,9,11,14-15,17H,4,6,8,10,12-13H2,1-3H3. The Morgan fingerprint density at radius 3 is 3.00 bits per heavy atom. The molecule has 3 nitrogen and oxygen atoms in total. The highest BCUT2D eigenvalue weighted by atomic mass is 16.5. The van der Waals surface area contributed by atoms with Gasteiger partial charge in [-0.15, -0.1) is 0 Å². The smallest absolute Gasteiger partial charge is 0.121 e. The zero-order chi connectivity index (χ0) is 14.8. The van der Waals surface area contributed by atoms with Crippen molar-refractivity contribution in [3.63, 3.8) is 0 Å². The van der Waals surface area contributed by atoms with E-state index in [1.165, 1.54) is 31.6 Å². The number of fused-ring (bicyclic) bond motifs is 1. The second kappa shape index (κ2) is 6.27. The molecule has 0 radical (unpaired) electrons. The van der Waals surface area contributed by atoms with Gasteiger partial charge >= 0.3 is 0 Å². The van der Waals surface area contributed by atoms with Crippen molar-refractivity contribution in [1.82, 2.24) is 4.90 Å². The van der Waals surface area contributed by atoms with E-state index < -0.39 is 0 Å². The zero-order valence-electron chi connectivity index (χ0n) is 13.6. The van der Waals surface area contributed by atoms with Crippen LogP contribution in [0.3, 0.4) is 0 Å². The van der Waals surface area contributed by atoms with E-state index in [4.69, 9.17) is 4.74 Å². The molecule has 2 fully saturated rings. The summed E-state index contributed by atoms with van der Waals surface area (Å²) in [4.78, 5) is 5.23. The lowest BCUT2D eigenvalue weighted by Gasteiger charge is -2.43. The average Bonchev–Trinajstić information content (AvgIpc) is 2.93. The van der Waals surface area contributed by atoms with Gasteiger partial charge < -0.3 is 9.64 Å². The average molecular weight is 288 g/mol. The highest BCUT2D eigenvalue weighted by molar-refractivity contribution is 5.52. The molecule has 3 atom stereocenters. The summed E-state index contributed by atoms with van der Waals surface area (Å²) in [6.07, 6.45) is 4.04. The van der Waals surface area contributed by atoms with Crippen molar-refractivity contribution < 1.29 is 4.74 Å². The van der Waals surface area contributed by atoms with Crippen molar-refractivity contribution in [2.24, 2.45) is 0 Å². The van der Waals surface area contributed by atoms with Crippen LogP contribution in [0.5, 0.6) is 5.75 Å². The van der Waals surface area contributed by atoms with Crippen LogP contribution in [0.4, 0.5) is 5.69 Å². The number of anilines is 1. The van der Waals surface area contributed by atoms with E-state index in [-0.39, 0.29) is 6.10 Å². The maximum absolute atomic E-state index is 5.98. The topological polar surface area (TPSA) is 15.7 Å². The van der Waals surface area contributed by atoms with Gasteiger partial charge in [0.1, 0.15) is 5.75 Å². The van der Waals surface area contributed by atoms with Crippen molar-refractivity contribution >= 4 is 5.69 Å². The Morgan fingerprint density at radius 2 is 2.19 bits per heavy atom. The minimum atomic E-state index is 0.282. The van der Waals surface area contributed by atoms with Gasteiger partial charge in [-0.2, -0.15) is 0 Å². The van der Waals surface area contributed by atoms with Crippen LogP contribution >= 0.6 is 0 Å². The molecule has 2 aliphatic heterocycles. The number of nitrogens with zero attached hydrogens (tertiary/aromatic N) is 2. The first-order valence-corrected chi connectivity index (χ1v) is 8.44. The van der Waals surface area contributed by atoms with E-state index in [9.17, 15) is 0 Å². The Bertz CT molecular complexity index is 476. The Hall–Kier alpha value is -1.22. The number of rotatable bonds is 4. The molecule has 0 bridgehead atoms. The molecule has 21 heavy (non-hydrogen) atoms.